The van der Waals surface area contributed by atoms with E-state index in [1.807, 2.05) is 11.7 Å². The third kappa shape index (κ3) is 2.03. The Morgan fingerprint density at radius 3 is 2.93 bits per heavy atom. The summed E-state index contributed by atoms with van der Waals surface area (Å²) in [6.07, 6.45) is 4.62. The van der Waals surface area contributed by atoms with Crippen molar-refractivity contribution in [1.82, 2.24) is 9.78 Å². The third-order valence-corrected chi connectivity index (χ3v) is 2.86. The molecule has 0 aromatic carbocycles. The molecule has 2 rings (SSSR count). The second-order valence-corrected chi connectivity index (χ2v) is 3.98. The lowest BCUT2D eigenvalue weighted by Gasteiger charge is -2.12. The van der Waals surface area contributed by atoms with Gasteiger partial charge in [-0.15, -0.1) is 0 Å². The number of aryl methyl sites for hydroxylation is 1. The molecular formula is C11H16N2O2. The van der Waals surface area contributed by atoms with Crippen LogP contribution in [-0.2, 0) is 36.0 Å². The van der Waals surface area contributed by atoms with Crippen molar-refractivity contribution < 1.29 is 9.53 Å². The monoisotopic (exact) mass is 208 g/mol. The van der Waals surface area contributed by atoms with Crippen LogP contribution in [0.4, 0.5) is 0 Å². The van der Waals surface area contributed by atoms with Crippen LogP contribution >= 0.6 is 0 Å². The molecule has 1 aromatic heterocycles. The molecule has 0 amide bonds. The van der Waals surface area contributed by atoms with E-state index in [0.29, 0.717) is 6.61 Å². The minimum absolute atomic E-state index is 0.245. The number of ether oxygens (including phenoxy) is 1. The highest BCUT2D eigenvalue weighted by atomic mass is 16.5. The van der Waals surface area contributed by atoms with Crippen molar-refractivity contribution in [2.75, 3.05) is 0 Å². The highest BCUT2D eigenvalue weighted by Gasteiger charge is 2.19. The Kier molecular flexibility index (Phi) is 2.75. The number of esters is 1. The van der Waals surface area contributed by atoms with Crippen LogP contribution < -0.4 is 0 Å². The zero-order valence-electron chi connectivity index (χ0n) is 9.25. The van der Waals surface area contributed by atoms with Crippen molar-refractivity contribution in [3.05, 3.63) is 17.0 Å². The Bertz CT molecular complexity index is 382. The first-order chi connectivity index (χ1) is 7.18. The molecule has 0 atom stereocenters. The van der Waals surface area contributed by atoms with E-state index < -0.39 is 0 Å². The summed E-state index contributed by atoms with van der Waals surface area (Å²) < 4.78 is 6.92. The van der Waals surface area contributed by atoms with E-state index in [0.717, 1.165) is 18.5 Å². The summed E-state index contributed by atoms with van der Waals surface area (Å²) >= 11 is 0. The number of carbonyl (C=O) groups excluding carboxylic acids is 1. The van der Waals surface area contributed by atoms with E-state index in [9.17, 15) is 4.79 Å². The maximum Gasteiger partial charge on any atom is 0.303 e. The van der Waals surface area contributed by atoms with E-state index in [2.05, 4.69) is 5.10 Å². The quantitative estimate of drug-likeness (QED) is 0.689. The molecule has 0 N–H and O–H groups in total. The number of aromatic nitrogens is 2. The maximum atomic E-state index is 10.7. The molecule has 15 heavy (non-hydrogen) atoms. The van der Waals surface area contributed by atoms with Gasteiger partial charge in [-0.1, -0.05) is 0 Å². The predicted molar refractivity (Wildman–Crippen MR) is 55.3 cm³/mol. The number of fused-ring (bicyclic) bond motifs is 1. The SMILES string of the molecule is CC(=O)OCc1nn(C)c2c1CCCC2. The van der Waals surface area contributed by atoms with Crippen LogP contribution in [0.15, 0.2) is 0 Å². The molecule has 0 radical (unpaired) electrons. The minimum Gasteiger partial charge on any atom is -0.459 e. The van der Waals surface area contributed by atoms with Gasteiger partial charge >= 0.3 is 5.97 Å². The molecule has 0 unspecified atom stereocenters. The third-order valence-electron chi connectivity index (χ3n) is 2.86. The smallest absolute Gasteiger partial charge is 0.303 e. The lowest BCUT2D eigenvalue weighted by Crippen LogP contribution is -2.06. The maximum absolute atomic E-state index is 10.7. The Labute approximate surface area is 89.2 Å². The van der Waals surface area contributed by atoms with Crippen molar-refractivity contribution in [1.29, 1.82) is 0 Å². The molecular weight excluding hydrogens is 192 g/mol. The first-order valence-electron chi connectivity index (χ1n) is 5.35. The molecule has 0 aliphatic heterocycles. The van der Waals surface area contributed by atoms with Crippen molar-refractivity contribution >= 4 is 5.97 Å². The molecule has 0 saturated carbocycles. The molecule has 0 bridgehead atoms. The first kappa shape index (κ1) is 10.2. The first-order valence-corrected chi connectivity index (χ1v) is 5.35. The van der Waals surface area contributed by atoms with E-state index >= 15 is 0 Å². The van der Waals surface area contributed by atoms with Gasteiger partial charge in [-0.05, 0) is 25.7 Å². The molecule has 1 heterocycles. The molecule has 1 aliphatic carbocycles. The molecule has 4 nitrogen and oxygen atoms in total. The molecule has 0 saturated heterocycles. The van der Waals surface area contributed by atoms with Gasteiger partial charge in [-0.25, -0.2) is 0 Å². The summed E-state index contributed by atoms with van der Waals surface area (Å²) in [4.78, 5) is 10.7. The summed E-state index contributed by atoms with van der Waals surface area (Å²) in [6, 6.07) is 0. The average Bonchev–Trinajstić information content (AvgIpc) is 2.54. The number of nitrogens with zero attached hydrogens (tertiary/aromatic N) is 2. The molecule has 82 valence electrons. The summed E-state index contributed by atoms with van der Waals surface area (Å²) in [7, 11) is 1.96. The van der Waals surface area contributed by atoms with Gasteiger partial charge in [0.15, 0.2) is 0 Å². The Morgan fingerprint density at radius 2 is 2.20 bits per heavy atom. The van der Waals surface area contributed by atoms with Crippen LogP contribution in [0.1, 0.15) is 36.7 Å². The number of carbonyl (C=O) groups is 1. The molecule has 1 aromatic rings. The predicted octanol–water partition coefficient (Wildman–Crippen LogP) is 1.36. The van der Waals surface area contributed by atoms with E-state index in [-0.39, 0.29) is 5.97 Å². The van der Waals surface area contributed by atoms with Crippen LogP contribution in [0.3, 0.4) is 0 Å². The second kappa shape index (κ2) is 4.04. The van der Waals surface area contributed by atoms with Crippen LogP contribution in [0.2, 0.25) is 0 Å². The molecule has 0 spiro atoms. The van der Waals surface area contributed by atoms with Crippen molar-refractivity contribution in [2.45, 2.75) is 39.2 Å². The van der Waals surface area contributed by atoms with Crippen LogP contribution in [0.5, 0.6) is 0 Å². The van der Waals surface area contributed by atoms with Gasteiger partial charge in [0, 0.05) is 25.2 Å². The van der Waals surface area contributed by atoms with Gasteiger partial charge in [0.05, 0.1) is 0 Å². The summed E-state index contributed by atoms with van der Waals surface area (Å²) in [6.45, 7) is 1.74. The highest BCUT2D eigenvalue weighted by molar-refractivity contribution is 5.65. The van der Waals surface area contributed by atoms with Gasteiger partial charge in [0.25, 0.3) is 0 Å². The Balaban J connectivity index is 2.20. The number of hydrogen-bond donors (Lipinski definition) is 0. The topological polar surface area (TPSA) is 44.1 Å². The zero-order chi connectivity index (χ0) is 10.8. The Hall–Kier alpha value is -1.32. The van der Waals surface area contributed by atoms with Crippen molar-refractivity contribution in [3.63, 3.8) is 0 Å². The van der Waals surface area contributed by atoms with E-state index in [1.165, 1.54) is 31.0 Å². The van der Waals surface area contributed by atoms with E-state index in [4.69, 9.17) is 4.74 Å². The average molecular weight is 208 g/mol. The zero-order valence-corrected chi connectivity index (χ0v) is 9.25. The van der Waals surface area contributed by atoms with Gasteiger partial charge in [0.1, 0.15) is 12.3 Å². The molecule has 0 fully saturated rings. The lowest BCUT2D eigenvalue weighted by molar-refractivity contribution is -0.142. The second-order valence-electron chi connectivity index (χ2n) is 3.98. The fraction of sp³-hybridized carbons (Fsp3) is 0.636. The fourth-order valence-corrected chi connectivity index (χ4v) is 2.15. The largest absolute Gasteiger partial charge is 0.459 e. The van der Waals surface area contributed by atoms with Crippen molar-refractivity contribution in [3.8, 4) is 0 Å². The van der Waals surface area contributed by atoms with Crippen LogP contribution in [-0.4, -0.2) is 15.7 Å². The fourth-order valence-electron chi connectivity index (χ4n) is 2.15. The van der Waals surface area contributed by atoms with Crippen LogP contribution in [0, 0.1) is 0 Å². The number of hydrogen-bond acceptors (Lipinski definition) is 3. The van der Waals surface area contributed by atoms with Crippen molar-refractivity contribution in [2.24, 2.45) is 7.05 Å². The molecule has 1 aliphatic rings. The Morgan fingerprint density at radius 1 is 1.47 bits per heavy atom. The summed E-state index contributed by atoms with van der Waals surface area (Å²) in [5.74, 6) is -0.245. The minimum atomic E-state index is -0.245. The van der Waals surface area contributed by atoms with Crippen LogP contribution in [0.25, 0.3) is 0 Å². The highest BCUT2D eigenvalue weighted by Crippen LogP contribution is 2.24. The van der Waals surface area contributed by atoms with E-state index in [1.54, 1.807) is 0 Å². The van der Waals surface area contributed by atoms with Gasteiger partial charge in [0.2, 0.25) is 0 Å². The lowest BCUT2D eigenvalue weighted by atomic mass is 9.96. The number of rotatable bonds is 2. The van der Waals surface area contributed by atoms with Gasteiger partial charge in [-0.3, -0.25) is 9.48 Å². The summed E-state index contributed by atoms with van der Waals surface area (Å²) in [5, 5.41) is 4.40. The molecule has 4 heteroatoms. The van der Waals surface area contributed by atoms with Gasteiger partial charge in [-0.2, -0.15) is 5.10 Å². The standard InChI is InChI=1S/C11H16N2O2/c1-8(14)15-7-10-9-5-3-4-6-11(9)13(2)12-10/h3-7H2,1-2H3. The normalized spacial score (nSPS) is 14.8. The van der Waals surface area contributed by atoms with Gasteiger partial charge < -0.3 is 4.74 Å². The summed E-state index contributed by atoms with van der Waals surface area (Å²) in [5.41, 5.74) is 3.54.